The number of alkyl carbamates (subject to hydrolysis) is 1. The molecule has 1 amide bonds. The molecule has 0 radical (unpaired) electrons. The molecule has 2 aromatic rings. The Bertz CT molecular complexity index is 759. The van der Waals surface area contributed by atoms with Crippen molar-refractivity contribution < 1.29 is 19.2 Å². The molecule has 1 N–H and O–H groups in total. The van der Waals surface area contributed by atoms with Gasteiger partial charge in [-0.15, -0.1) is 0 Å². The van der Waals surface area contributed by atoms with Gasteiger partial charge in [-0.25, -0.2) is 4.79 Å². The third-order valence-electron chi connectivity index (χ3n) is 3.89. The third-order valence-corrected chi connectivity index (χ3v) is 3.89. The normalized spacial score (nSPS) is 13.4. The summed E-state index contributed by atoms with van der Waals surface area (Å²) in [4.78, 5) is 23.6. The Balaban J connectivity index is 2.14. The van der Waals surface area contributed by atoms with E-state index in [0.29, 0.717) is 5.56 Å². The van der Waals surface area contributed by atoms with Crippen LogP contribution in [0.3, 0.4) is 0 Å². The Kier molecular flexibility index (Phi) is 7.52. The van der Waals surface area contributed by atoms with Crippen molar-refractivity contribution in [2.45, 2.75) is 45.1 Å². The van der Waals surface area contributed by atoms with E-state index >= 15 is 0 Å². The van der Waals surface area contributed by atoms with Crippen LogP contribution in [0, 0.1) is 10.1 Å². The Morgan fingerprint density at radius 1 is 1.07 bits per heavy atom. The van der Waals surface area contributed by atoms with E-state index in [9.17, 15) is 14.9 Å². The van der Waals surface area contributed by atoms with E-state index in [-0.39, 0.29) is 13.2 Å². The number of carbonyl (C=O) groups is 1. The number of nitrogens with zero attached hydrogens (tertiary/aromatic N) is 1. The predicted octanol–water partition coefficient (Wildman–Crippen LogP) is 4.11. The highest BCUT2D eigenvalue weighted by Crippen LogP contribution is 2.21. The summed E-state index contributed by atoms with van der Waals surface area (Å²) in [5, 5.41) is 14.4. The molecule has 28 heavy (non-hydrogen) atoms. The Morgan fingerprint density at radius 2 is 1.64 bits per heavy atom. The molecule has 0 aliphatic heterocycles. The van der Waals surface area contributed by atoms with Crippen LogP contribution in [0.25, 0.3) is 0 Å². The van der Waals surface area contributed by atoms with Crippen LogP contribution in [0.5, 0.6) is 0 Å². The molecular weight excluding hydrogens is 360 g/mol. The van der Waals surface area contributed by atoms with Gasteiger partial charge in [-0.2, -0.15) is 0 Å². The molecule has 2 aromatic carbocycles. The number of carbonyl (C=O) groups excluding carboxylic acids is 1. The van der Waals surface area contributed by atoms with Crippen molar-refractivity contribution in [3.63, 3.8) is 0 Å². The third kappa shape index (κ3) is 7.00. The molecule has 7 heteroatoms. The lowest BCUT2D eigenvalue weighted by atomic mass is 10.0. The highest BCUT2D eigenvalue weighted by molar-refractivity contribution is 5.68. The molecule has 0 aliphatic rings. The first kappa shape index (κ1) is 21.4. The summed E-state index contributed by atoms with van der Waals surface area (Å²) in [5.74, 6) is 0. The molecule has 0 unspecified atom stereocenters. The van der Waals surface area contributed by atoms with Gasteiger partial charge in [0.15, 0.2) is 0 Å². The monoisotopic (exact) mass is 386 g/mol. The first-order chi connectivity index (χ1) is 13.3. The molecule has 0 saturated carbocycles. The summed E-state index contributed by atoms with van der Waals surface area (Å²) in [6, 6.07) is 16.2. The number of nitrogens with one attached hydrogen (secondary N) is 1. The maximum Gasteiger partial charge on any atom is 0.408 e. The molecule has 150 valence electrons. The highest BCUT2D eigenvalue weighted by atomic mass is 16.6. The second-order valence-corrected chi connectivity index (χ2v) is 7.39. The van der Waals surface area contributed by atoms with E-state index in [1.54, 1.807) is 51.1 Å². The van der Waals surface area contributed by atoms with E-state index in [1.807, 2.05) is 30.3 Å². The quantitative estimate of drug-likeness (QED) is 0.544. The van der Waals surface area contributed by atoms with Gasteiger partial charge < -0.3 is 14.8 Å². The van der Waals surface area contributed by atoms with Crippen LogP contribution in [0.15, 0.2) is 60.7 Å². The zero-order valence-corrected chi connectivity index (χ0v) is 16.3. The summed E-state index contributed by atoms with van der Waals surface area (Å²) in [7, 11) is 0. The van der Waals surface area contributed by atoms with Crippen molar-refractivity contribution in [3.05, 3.63) is 81.9 Å². The molecule has 0 bridgehead atoms. The van der Waals surface area contributed by atoms with Crippen molar-refractivity contribution in [2.24, 2.45) is 0 Å². The average Bonchev–Trinajstić information content (AvgIpc) is 2.63. The Morgan fingerprint density at radius 3 is 2.18 bits per heavy atom. The van der Waals surface area contributed by atoms with Gasteiger partial charge in [0.2, 0.25) is 0 Å². The fourth-order valence-corrected chi connectivity index (χ4v) is 2.65. The summed E-state index contributed by atoms with van der Waals surface area (Å²) in [6.45, 7) is 5.30. The van der Waals surface area contributed by atoms with Gasteiger partial charge in [-0.05, 0) is 31.9 Å². The average molecular weight is 386 g/mol. The van der Waals surface area contributed by atoms with Crippen molar-refractivity contribution in [1.82, 2.24) is 5.32 Å². The first-order valence-electron chi connectivity index (χ1n) is 9.06. The molecule has 2 atom stereocenters. The largest absolute Gasteiger partial charge is 0.444 e. The van der Waals surface area contributed by atoms with E-state index in [0.717, 1.165) is 5.56 Å². The van der Waals surface area contributed by atoms with Crippen LogP contribution in [0.4, 0.5) is 4.79 Å². The Hall–Kier alpha value is -2.93. The van der Waals surface area contributed by atoms with Gasteiger partial charge in [0.05, 0.1) is 6.61 Å². The molecule has 0 fully saturated rings. The van der Waals surface area contributed by atoms with Gasteiger partial charge in [0.1, 0.15) is 18.2 Å². The molecule has 0 aromatic heterocycles. The number of rotatable bonds is 8. The number of hydrogen-bond acceptors (Lipinski definition) is 5. The van der Waals surface area contributed by atoms with Crippen LogP contribution in [-0.4, -0.2) is 29.3 Å². The topological polar surface area (TPSA) is 90.7 Å². The van der Waals surface area contributed by atoms with Crippen LogP contribution in [-0.2, 0) is 16.1 Å². The number of benzene rings is 2. The van der Waals surface area contributed by atoms with Crippen molar-refractivity contribution in [2.75, 3.05) is 6.61 Å². The second-order valence-electron chi connectivity index (χ2n) is 7.39. The Labute approximate surface area is 164 Å². The molecule has 7 nitrogen and oxygen atoms in total. The summed E-state index contributed by atoms with van der Waals surface area (Å²) in [6.07, 6.45) is -0.712. The van der Waals surface area contributed by atoms with Gasteiger partial charge >= 0.3 is 6.09 Å². The standard InChI is InChI=1S/C21H26N2O5/c1-21(2,3)28-20(24)22-19(17-12-8-5-9-13-17)18(23(25)26)15-27-14-16-10-6-4-7-11-16/h4-13,18-19H,14-15H2,1-3H3,(H,22,24)/t18-,19+/m1/s1. The number of nitro groups is 1. The number of ether oxygens (including phenoxy) is 2. The lowest BCUT2D eigenvalue weighted by molar-refractivity contribution is -0.532. The van der Waals surface area contributed by atoms with Gasteiger partial charge in [-0.1, -0.05) is 60.7 Å². The molecule has 0 aliphatic carbocycles. The summed E-state index contributed by atoms with van der Waals surface area (Å²) in [5.41, 5.74) is 0.818. The minimum Gasteiger partial charge on any atom is -0.444 e. The zero-order valence-electron chi connectivity index (χ0n) is 16.3. The SMILES string of the molecule is CC(C)(C)OC(=O)N[C@@H](c1ccccc1)[C@@H](COCc1ccccc1)[N+](=O)[O-]. The van der Waals surface area contributed by atoms with E-state index in [1.165, 1.54) is 0 Å². The lowest BCUT2D eigenvalue weighted by Crippen LogP contribution is -2.44. The summed E-state index contributed by atoms with van der Waals surface area (Å²) >= 11 is 0. The second kappa shape index (κ2) is 9.85. The lowest BCUT2D eigenvalue weighted by Gasteiger charge is -2.25. The van der Waals surface area contributed by atoms with E-state index < -0.39 is 28.7 Å². The van der Waals surface area contributed by atoms with Gasteiger partial charge in [0.25, 0.3) is 6.04 Å². The number of hydrogen-bond donors (Lipinski definition) is 1. The minimum absolute atomic E-state index is 0.156. The van der Waals surface area contributed by atoms with Crippen LogP contribution in [0.2, 0.25) is 0 Å². The maximum atomic E-state index is 12.3. The zero-order chi connectivity index (χ0) is 20.6. The van der Waals surface area contributed by atoms with Crippen molar-refractivity contribution >= 4 is 6.09 Å². The fourth-order valence-electron chi connectivity index (χ4n) is 2.65. The first-order valence-corrected chi connectivity index (χ1v) is 9.06. The van der Waals surface area contributed by atoms with Crippen LogP contribution >= 0.6 is 0 Å². The van der Waals surface area contributed by atoms with Crippen molar-refractivity contribution in [3.8, 4) is 0 Å². The smallest absolute Gasteiger partial charge is 0.408 e. The van der Waals surface area contributed by atoms with Crippen LogP contribution in [0.1, 0.15) is 37.9 Å². The molecular formula is C21H26N2O5. The highest BCUT2D eigenvalue weighted by Gasteiger charge is 2.35. The molecule has 2 rings (SSSR count). The predicted molar refractivity (Wildman–Crippen MR) is 105 cm³/mol. The number of amides is 1. The van der Waals surface area contributed by atoms with Gasteiger partial charge in [-0.3, -0.25) is 10.1 Å². The van der Waals surface area contributed by atoms with E-state index in [2.05, 4.69) is 5.32 Å². The summed E-state index contributed by atoms with van der Waals surface area (Å²) < 4.78 is 10.9. The minimum atomic E-state index is -1.17. The van der Waals surface area contributed by atoms with Crippen LogP contribution < -0.4 is 5.32 Å². The maximum absolute atomic E-state index is 12.3. The van der Waals surface area contributed by atoms with Crippen molar-refractivity contribution in [1.29, 1.82) is 0 Å². The van der Waals surface area contributed by atoms with Gasteiger partial charge in [0, 0.05) is 4.92 Å². The molecule has 0 spiro atoms. The fraction of sp³-hybridized carbons (Fsp3) is 0.381. The molecule has 0 heterocycles. The molecule has 0 saturated heterocycles. The van der Waals surface area contributed by atoms with E-state index in [4.69, 9.17) is 9.47 Å².